The molecule has 2 N–H and O–H groups in total. The summed E-state index contributed by atoms with van der Waals surface area (Å²) < 4.78 is 4.82. The first kappa shape index (κ1) is 11.0. The second kappa shape index (κ2) is 5.62. The van der Waals surface area contributed by atoms with Crippen molar-refractivity contribution in [1.82, 2.24) is 0 Å². The largest absolute Gasteiger partial charge is 0.389 e. The highest BCUT2D eigenvalue weighted by Crippen LogP contribution is 2.08. The molecule has 0 fully saturated rings. The van der Waals surface area contributed by atoms with Gasteiger partial charge in [-0.15, -0.1) is 0 Å². The highest BCUT2D eigenvalue weighted by molar-refractivity contribution is 5.44. The number of benzene rings is 1. The Hall–Kier alpha value is -1.06. The predicted molar refractivity (Wildman–Crippen MR) is 57.6 cm³/mol. The van der Waals surface area contributed by atoms with Gasteiger partial charge in [-0.25, -0.2) is 0 Å². The van der Waals surface area contributed by atoms with E-state index >= 15 is 0 Å². The number of methoxy groups -OCH3 is 1. The quantitative estimate of drug-likeness (QED) is 0.746. The number of hydrogen-bond acceptors (Lipinski definition) is 3. The van der Waals surface area contributed by atoms with Crippen LogP contribution in [0, 0.1) is 6.92 Å². The summed E-state index contributed by atoms with van der Waals surface area (Å²) >= 11 is 0. The normalized spacial score (nSPS) is 12.5. The van der Waals surface area contributed by atoms with Gasteiger partial charge in [0.25, 0.3) is 0 Å². The maximum atomic E-state index is 9.38. The number of aryl methyl sites for hydroxylation is 1. The lowest BCUT2D eigenvalue weighted by molar-refractivity contribution is 0.0727. The van der Waals surface area contributed by atoms with Crippen molar-refractivity contribution < 1.29 is 9.84 Å². The molecule has 1 atom stereocenters. The van der Waals surface area contributed by atoms with Gasteiger partial charge in [-0.1, -0.05) is 17.7 Å². The van der Waals surface area contributed by atoms with E-state index in [9.17, 15) is 5.11 Å². The molecule has 0 bridgehead atoms. The summed E-state index contributed by atoms with van der Waals surface area (Å²) in [6.45, 7) is 2.92. The number of anilines is 1. The van der Waals surface area contributed by atoms with E-state index < -0.39 is 6.10 Å². The van der Waals surface area contributed by atoms with Crippen molar-refractivity contribution in [2.24, 2.45) is 0 Å². The number of ether oxygens (including phenoxy) is 1. The molecule has 1 aromatic carbocycles. The number of aliphatic hydroxyl groups excluding tert-OH is 1. The highest BCUT2D eigenvalue weighted by atomic mass is 16.5. The number of rotatable bonds is 5. The van der Waals surface area contributed by atoms with Gasteiger partial charge in [0.1, 0.15) is 0 Å². The molecule has 0 spiro atoms. The Morgan fingerprint density at radius 2 is 2.00 bits per heavy atom. The number of hydrogen-bond donors (Lipinski definition) is 2. The van der Waals surface area contributed by atoms with E-state index in [0.717, 1.165) is 5.69 Å². The van der Waals surface area contributed by atoms with Crippen molar-refractivity contribution in [1.29, 1.82) is 0 Å². The summed E-state index contributed by atoms with van der Waals surface area (Å²) in [6.07, 6.45) is -0.457. The van der Waals surface area contributed by atoms with E-state index in [0.29, 0.717) is 13.2 Å². The van der Waals surface area contributed by atoms with Crippen molar-refractivity contribution in [3.63, 3.8) is 0 Å². The van der Waals surface area contributed by atoms with Crippen molar-refractivity contribution in [2.75, 3.05) is 25.6 Å². The van der Waals surface area contributed by atoms with Gasteiger partial charge in [-0.3, -0.25) is 0 Å². The molecule has 1 rings (SSSR count). The lowest BCUT2D eigenvalue weighted by atomic mass is 10.2. The van der Waals surface area contributed by atoms with Crippen molar-refractivity contribution in [3.05, 3.63) is 29.8 Å². The Kier molecular flexibility index (Phi) is 4.43. The molecule has 1 aromatic rings. The Balaban J connectivity index is 2.34. The summed E-state index contributed by atoms with van der Waals surface area (Å²) in [5, 5.41) is 12.5. The molecule has 0 aliphatic rings. The number of aliphatic hydroxyl groups is 1. The van der Waals surface area contributed by atoms with Crippen LogP contribution in [-0.2, 0) is 4.74 Å². The van der Waals surface area contributed by atoms with Crippen LogP contribution in [0.25, 0.3) is 0 Å². The molecular weight excluding hydrogens is 178 g/mol. The summed E-state index contributed by atoms with van der Waals surface area (Å²) in [4.78, 5) is 0. The van der Waals surface area contributed by atoms with Crippen LogP contribution in [0.5, 0.6) is 0 Å². The fourth-order valence-electron chi connectivity index (χ4n) is 1.16. The van der Waals surface area contributed by atoms with E-state index in [2.05, 4.69) is 5.32 Å². The Bertz CT molecular complexity index is 258. The lowest BCUT2D eigenvalue weighted by Crippen LogP contribution is -2.24. The molecule has 14 heavy (non-hydrogen) atoms. The van der Waals surface area contributed by atoms with Crippen molar-refractivity contribution in [2.45, 2.75) is 13.0 Å². The third-order valence-corrected chi connectivity index (χ3v) is 1.95. The minimum Gasteiger partial charge on any atom is -0.389 e. The second-order valence-electron chi connectivity index (χ2n) is 3.36. The first-order valence-electron chi connectivity index (χ1n) is 4.70. The van der Waals surface area contributed by atoms with Gasteiger partial charge in [0.15, 0.2) is 0 Å². The molecule has 0 heterocycles. The summed E-state index contributed by atoms with van der Waals surface area (Å²) in [5.41, 5.74) is 2.25. The molecule has 0 aromatic heterocycles. The minimum absolute atomic E-state index is 0.360. The van der Waals surface area contributed by atoms with Gasteiger partial charge in [0.2, 0.25) is 0 Å². The van der Waals surface area contributed by atoms with Crippen LogP contribution in [0.3, 0.4) is 0 Å². The third kappa shape index (κ3) is 3.77. The first-order valence-corrected chi connectivity index (χ1v) is 4.70. The molecule has 1 unspecified atom stereocenters. The molecular formula is C11H17NO2. The summed E-state index contributed by atoms with van der Waals surface area (Å²) in [5.74, 6) is 0. The van der Waals surface area contributed by atoms with E-state index in [4.69, 9.17) is 4.74 Å². The third-order valence-electron chi connectivity index (χ3n) is 1.95. The Morgan fingerprint density at radius 3 is 2.57 bits per heavy atom. The molecule has 3 nitrogen and oxygen atoms in total. The molecule has 78 valence electrons. The molecule has 0 saturated heterocycles. The Morgan fingerprint density at radius 1 is 1.36 bits per heavy atom. The fourth-order valence-corrected chi connectivity index (χ4v) is 1.16. The van der Waals surface area contributed by atoms with Crippen LogP contribution in [-0.4, -0.2) is 31.5 Å². The molecule has 0 saturated carbocycles. The van der Waals surface area contributed by atoms with Crippen molar-refractivity contribution in [3.8, 4) is 0 Å². The van der Waals surface area contributed by atoms with Crippen LogP contribution >= 0.6 is 0 Å². The van der Waals surface area contributed by atoms with Gasteiger partial charge in [-0.2, -0.15) is 0 Å². The lowest BCUT2D eigenvalue weighted by Gasteiger charge is -2.11. The van der Waals surface area contributed by atoms with E-state index in [1.165, 1.54) is 5.56 Å². The van der Waals surface area contributed by atoms with Gasteiger partial charge in [0.05, 0.1) is 12.7 Å². The highest BCUT2D eigenvalue weighted by Gasteiger charge is 2.01. The van der Waals surface area contributed by atoms with E-state index in [-0.39, 0.29) is 0 Å². The van der Waals surface area contributed by atoms with E-state index in [1.54, 1.807) is 7.11 Å². The monoisotopic (exact) mass is 195 g/mol. The van der Waals surface area contributed by atoms with Gasteiger partial charge >= 0.3 is 0 Å². The molecule has 0 amide bonds. The SMILES string of the molecule is COCC(O)CNc1ccc(C)cc1. The summed E-state index contributed by atoms with van der Waals surface area (Å²) in [7, 11) is 1.58. The average molecular weight is 195 g/mol. The molecule has 0 aliphatic heterocycles. The molecule has 0 aliphatic carbocycles. The zero-order valence-electron chi connectivity index (χ0n) is 8.66. The van der Waals surface area contributed by atoms with Gasteiger partial charge < -0.3 is 15.2 Å². The fraction of sp³-hybridized carbons (Fsp3) is 0.455. The smallest absolute Gasteiger partial charge is 0.0945 e. The Labute approximate surface area is 84.7 Å². The van der Waals surface area contributed by atoms with Crippen LogP contribution in [0.4, 0.5) is 5.69 Å². The second-order valence-corrected chi connectivity index (χ2v) is 3.36. The summed E-state index contributed by atoms with van der Waals surface area (Å²) in [6, 6.07) is 8.06. The van der Waals surface area contributed by atoms with Crippen LogP contribution in [0.15, 0.2) is 24.3 Å². The maximum Gasteiger partial charge on any atom is 0.0945 e. The standard InChI is InChI=1S/C11H17NO2/c1-9-3-5-10(6-4-9)12-7-11(13)8-14-2/h3-6,11-13H,7-8H2,1-2H3. The predicted octanol–water partition coefficient (Wildman–Crippen LogP) is 1.41. The van der Waals surface area contributed by atoms with Crippen LogP contribution in [0.1, 0.15) is 5.56 Å². The average Bonchev–Trinajstić information content (AvgIpc) is 2.17. The molecule has 3 heteroatoms. The number of nitrogens with one attached hydrogen (secondary N) is 1. The van der Waals surface area contributed by atoms with Gasteiger partial charge in [0, 0.05) is 19.3 Å². The van der Waals surface area contributed by atoms with Gasteiger partial charge in [-0.05, 0) is 19.1 Å². The van der Waals surface area contributed by atoms with Crippen LogP contribution in [0.2, 0.25) is 0 Å². The molecule has 0 radical (unpaired) electrons. The van der Waals surface area contributed by atoms with E-state index in [1.807, 2.05) is 31.2 Å². The first-order chi connectivity index (χ1) is 6.72. The van der Waals surface area contributed by atoms with Crippen LogP contribution < -0.4 is 5.32 Å². The zero-order chi connectivity index (χ0) is 10.4. The minimum atomic E-state index is -0.457. The topological polar surface area (TPSA) is 41.5 Å². The van der Waals surface area contributed by atoms with Crippen molar-refractivity contribution >= 4 is 5.69 Å². The maximum absolute atomic E-state index is 9.38. The zero-order valence-corrected chi connectivity index (χ0v) is 8.66.